The number of unbranched alkanes of at least 4 members (excludes halogenated alkanes) is 9. The van der Waals surface area contributed by atoms with Crippen molar-refractivity contribution >= 4 is 7.82 Å². The number of aliphatic hydroxyl groups excluding tert-OH is 1. The van der Waals surface area contributed by atoms with Gasteiger partial charge in [0.25, 0.3) is 0 Å². The molecule has 8 heteroatoms. The monoisotopic (exact) mass is 368 g/mol. The molecule has 0 bridgehead atoms. The molecular formula is C14H34KO6P. The summed E-state index contributed by atoms with van der Waals surface area (Å²) in [4.78, 5) is 21.6. The largest absolute Gasteiger partial charge is 1.00 e. The normalized spacial score (nSPS) is 10.6. The molecule has 0 aromatic heterocycles. The van der Waals surface area contributed by atoms with Gasteiger partial charge in [0.15, 0.2) is 0 Å². The van der Waals surface area contributed by atoms with Gasteiger partial charge in [-0.1, -0.05) is 64.7 Å². The standard InChI is InChI=1S/C14H30O2.K.H3O4P.H/c1-2-3-4-5-6-7-8-9-10-11-13-16-14-12-15;;1-5(2,3)4;/h15H,2-14H2,1H3;;(H3,1,2,3,4);/q;+1;;-1. The molecule has 0 unspecified atom stereocenters. The van der Waals surface area contributed by atoms with E-state index >= 15 is 0 Å². The number of phosphoric acid groups is 1. The minimum absolute atomic E-state index is 0. The molecule has 0 heterocycles. The zero-order valence-corrected chi connectivity index (χ0v) is 18.3. The molecule has 0 amide bonds. The van der Waals surface area contributed by atoms with E-state index in [0.717, 1.165) is 13.0 Å². The van der Waals surface area contributed by atoms with Crippen molar-refractivity contribution in [1.29, 1.82) is 0 Å². The fourth-order valence-corrected chi connectivity index (χ4v) is 1.86. The minimum Gasteiger partial charge on any atom is -1.00 e. The van der Waals surface area contributed by atoms with Crippen molar-refractivity contribution in [3.63, 3.8) is 0 Å². The van der Waals surface area contributed by atoms with Crippen LogP contribution in [0, 0.1) is 0 Å². The molecule has 0 aromatic carbocycles. The van der Waals surface area contributed by atoms with Gasteiger partial charge in [-0.2, -0.15) is 0 Å². The van der Waals surface area contributed by atoms with Crippen LogP contribution in [0.25, 0.3) is 0 Å². The van der Waals surface area contributed by atoms with Gasteiger partial charge in [-0.3, -0.25) is 0 Å². The van der Waals surface area contributed by atoms with Crippen LogP contribution in [-0.4, -0.2) is 39.6 Å². The van der Waals surface area contributed by atoms with Crippen molar-refractivity contribution in [3.05, 3.63) is 0 Å². The number of ether oxygens (including phenoxy) is 1. The second-order valence-electron chi connectivity index (χ2n) is 5.03. The molecule has 0 saturated heterocycles. The number of hydrogen-bond donors (Lipinski definition) is 4. The first kappa shape index (κ1) is 28.5. The molecule has 0 radical (unpaired) electrons. The first-order valence-electron chi connectivity index (χ1n) is 7.88. The van der Waals surface area contributed by atoms with E-state index in [-0.39, 0.29) is 59.4 Å². The minimum atomic E-state index is -4.64. The Hall–Kier alpha value is 1.67. The summed E-state index contributed by atoms with van der Waals surface area (Å²) in [6, 6.07) is 0. The van der Waals surface area contributed by atoms with Gasteiger partial charge in [-0.15, -0.1) is 0 Å². The van der Waals surface area contributed by atoms with Gasteiger partial charge in [0.05, 0.1) is 13.2 Å². The molecule has 0 rings (SSSR count). The van der Waals surface area contributed by atoms with Gasteiger partial charge in [-0.05, 0) is 6.42 Å². The van der Waals surface area contributed by atoms with Crippen LogP contribution in [0.4, 0.5) is 0 Å². The first-order valence-corrected chi connectivity index (χ1v) is 9.45. The molecule has 6 nitrogen and oxygen atoms in total. The van der Waals surface area contributed by atoms with Crippen molar-refractivity contribution in [2.24, 2.45) is 0 Å². The fraction of sp³-hybridized carbons (Fsp3) is 1.00. The predicted molar refractivity (Wildman–Crippen MR) is 85.1 cm³/mol. The molecule has 0 aliphatic heterocycles. The molecule has 0 atom stereocenters. The number of aliphatic hydroxyl groups is 1. The molecule has 4 N–H and O–H groups in total. The first-order chi connectivity index (χ1) is 9.91. The molecule has 0 aliphatic carbocycles. The summed E-state index contributed by atoms with van der Waals surface area (Å²) >= 11 is 0. The molecule has 0 aromatic rings. The Morgan fingerprint density at radius 1 is 0.818 bits per heavy atom. The van der Waals surface area contributed by atoms with Crippen LogP contribution in [0.2, 0.25) is 0 Å². The van der Waals surface area contributed by atoms with E-state index in [2.05, 4.69) is 6.92 Å². The smallest absolute Gasteiger partial charge is 1.00 e. The Labute approximate surface area is 179 Å². The van der Waals surface area contributed by atoms with E-state index in [1.807, 2.05) is 0 Å². The maximum Gasteiger partial charge on any atom is 1.00 e. The van der Waals surface area contributed by atoms with Gasteiger partial charge in [0.2, 0.25) is 0 Å². The Morgan fingerprint density at radius 3 is 1.55 bits per heavy atom. The van der Waals surface area contributed by atoms with E-state index in [1.54, 1.807) is 0 Å². The second-order valence-corrected chi connectivity index (χ2v) is 6.06. The summed E-state index contributed by atoms with van der Waals surface area (Å²) in [7, 11) is -4.64. The summed E-state index contributed by atoms with van der Waals surface area (Å²) in [5.74, 6) is 0. The molecule has 0 fully saturated rings. The van der Waals surface area contributed by atoms with E-state index in [0.29, 0.717) is 6.61 Å². The van der Waals surface area contributed by atoms with E-state index in [1.165, 1.54) is 57.8 Å². The predicted octanol–water partition coefficient (Wildman–Crippen LogP) is 0.104. The molecular weight excluding hydrogens is 334 g/mol. The zero-order valence-electron chi connectivity index (χ0n) is 15.2. The zero-order chi connectivity index (χ0) is 16.4. The maximum atomic E-state index is 8.88. The number of hydrogen-bond acceptors (Lipinski definition) is 3. The van der Waals surface area contributed by atoms with Crippen LogP contribution in [0.3, 0.4) is 0 Å². The van der Waals surface area contributed by atoms with Crippen LogP contribution in [-0.2, 0) is 9.30 Å². The molecule has 132 valence electrons. The van der Waals surface area contributed by atoms with Gasteiger partial charge in [-0.25, -0.2) is 4.57 Å². The van der Waals surface area contributed by atoms with Gasteiger partial charge in [0, 0.05) is 6.61 Å². The molecule has 0 saturated carbocycles. The van der Waals surface area contributed by atoms with Crippen LogP contribution in [0.1, 0.15) is 72.6 Å². The van der Waals surface area contributed by atoms with Crippen LogP contribution in [0.15, 0.2) is 0 Å². The third-order valence-corrected chi connectivity index (χ3v) is 2.88. The van der Waals surface area contributed by atoms with E-state index < -0.39 is 7.82 Å². The summed E-state index contributed by atoms with van der Waals surface area (Å²) < 4.78 is 14.1. The van der Waals surface area contributed by atoms with Gasteiger partial charge in [0.1, 0.15) is 0 Å². The topological polar surface area (TPSA) is 107 Å². The molecule has 22 heavy (non-hydrogen) atoms. The third-order valence-electron chi connectivity index (χ3n) is 2.88. The van der Waals surface area contributed by atoms with Crippen molar-refractivity contribution in [1.82, 2.24) is 0 Å². The van der Waals surface area contributed by atoms with Crippen molar-refractivity contribution in [3.8, 4) is 0 Å². The second kappa shape index (κ2) is 22.7. The maximum absolute atomic E-state index is 8.88. The summed E-state index contributed by atoms with van der Waals surface area (Å²) in [6.45, 7) is 3.73. The third kappa shape index (κ3) is 43.0. The van der Waals surface area contributed by atoms with Gasteiger partial charge < -0.3 is 26.0 Å². The molecule has 0 spiro atoms. The Kier molecular flexibility index (Phi) is 29.3. The Bertz CT molecular complexity index is 221. The average Bonchev–Trinajstić information content (AvgIpc) is 2.38. The average molecular weight is 368 g/mol. The summed E-state index contributed by atoms with van der Waals surface area (Å²) in [6.07, 6.45) is 13.6. The van der Waals surface area contributed by atoms with Crippen LogP contribution < -0.4 is 51.4 Å². The fourth-order valence-electron chi connectivity index (χ4n) is 1.86. The SMILES string of the molecule is CCCCCCCCCCCCOCCO.O=P(O)(O)O.[H-].[K+]. The summed E-state index contributed by atoms with van der Waals surface area (Å²) in [5, 5.41) is 8.50. The number of rotatable bonds is 13. The van der Waals surface area contributed by atoms with Crippen molar-refractivity contribution in [2.45, 2.75) is 71.1 Å². The van der Waals surface area contributed by atoms with Crippen LogP contribution >= 0.6 is 7.82 Å². The van der Waals surface area contributed by atoms with Crippen molar-refractivity contribution < 1.29 is 81.9 Å². The Balaban J connectivity index is -0.000000225. The Morgan fingerprint density at radius 2 is 1.18 bits per heavy atom. The van der Waals surface area contributed by atoms with Crippen LogP contribution in [0.5, 0.6) is 0 Å². The van der Waals surface area contributed by atoms with E-state index in [9.17, 15) is 0 Å². The van der Waals surface area contributed by atoms with Crippen molar-refractivity contribution in [2.75, 3.05) is 19.8 Å². The molecule has 0 aliphatic rings. The quantitative estimate of drug-likeness (QED) is 0.209. The van der Waals surface area contributed by atoms with E-state index in [4.69, 9.17) is 29.1 Å². The van der Waals surface area contributed by atoms with Gasteiger partial charge >= 0.3 is 59.2 Å². The summed E-state index contributed by atoms with van der Waals surface area (Å²) in [5.41, 5.74) is 0.